The summed E-state index contributed by atoms with van der Waals surface area (Å²) in [6, 6.07) is 8.64. The van der Waals surface area contributed by atoms with Gasteiger partial charge in [0.15, 0.2) is 0 Å². The van der Waals surface area contributed by atoms with E-state index >= 15 is 0 Å². The SMILES string of the molecule is CCc1ccccc1C(C)(C)NOC(C)(CC(C)C)CC(C)C.Cl. The third kappa shape index (κ3) is 7.13. The Morgan fingerprint density at radius 1 is 0.958 bits per heavy atom. The summed E-state index contributed by atoms with van der Waals surface area (Å²) in [7, 11) is 0. The van der Waals surface area contributed by atoms with Crippen molar-refractivity contribution in [1.29, 1.82) is 0 Å². The van der Waals surface area contributed by atoms with Crippen LogP contribution < -0.4 is 5.48 Å². The summed E-state index contributed by atoms with van der Waals surface area (Å²) in [5.74, 6) is 1.23. The van der Waals surface area contributed by atoms with Crippen LogP contribution in [-0.4, -0.2) is 5.60 Å². The fourth-order valence-corrected chi connectivity index (χ4v) is 3.64. The van der Waals surface area contributed by atoms with Crippen molar-refractivity contribution in [2.45, 2.75) is 85.8 Å². The van der Waals surface area contributed by atoms with Gasteiger partial charge in [0.05, 0.1) is 11.1 Å². The molecule has 0 radical (unpaired) electrons. The van der Waals surface area contributed by atoms with Gasteiger partial charge in [0.1, 0.15) is 0 Å². The molecule has 0 atom stereocenters. The minimum atomic E-state index is -0.207. The van der Waals surface area contributed by atoms with Gasteiger partial charge >= 0.3 is 0 Å². The highest BCUT2D eigenvalue weighted by molar-refractivity contribution is 5.85. The lowest BCUT2D eigenvalue weighted by Crippen LogP contribution is -2.45. The summed E-state index contributed by atoms with van der Waals surface area (Å²) < 4.78 is 0. The maximum atomic E-state index is 6.32. The van der Waals surface area contributed by atoms with E-state index in [-0.39, 0.29) is 23.5 Å². The van der Waals surface area contributed by atoms with Gasteiger partial charge in [0, 0.05) is 0 Å². The van der Waals surface area contributed by atoms with Crippen molar-refractivity contribution in [1.82, 2.24) is 5.48 Å². The number of aryl methyl sites for hydroxylation is 1. The van der Waals surface area contributed by atoms with E-state index in [4.69, 9.17) is 4.84 Å². The van der Waals surface area contributed by atoms with Crippen LogP contribution >= 0.6 is 12.4 Å². The molecule has 0 aliphatic rings. The highest BCUT2D eigenvalue weighted by atomic mass is 35.5. The molecule has 0 saturated heterocycles. The molecule has 0 aromatic heterocycles. The first-order valence-corrected chi connectivity index (χ1v) is 9.13. The van der Waals surface area contributed by atoms with E-state index in [2.05, 4.69) is 85.1 Å². The van der Waals surface area contributed by atoms with E-state index in [1.807, 2.05) is 0 Å². The van der Waals surface area contributed by atoms with E-state index < -0.39 is 0 Å². The number of rotatable bonds is 9. The molecule has 24 heavy (non-hydrogen) atoms. The van der Waals surface area contributed by atoms with Gasteiger partial charge in [-0.1, -0.05) is 58.9 Å². The van der Waals surface area contributed by atoms with Crippen LogP contribution in [0, 0.1) is 11.8 Å². The van der Waals surface area contributed by atoms with Crippen LogP contribution in [0.25, 0.3) is 0 Å². The molecule has 1 aromatic rings. The fourth-order valence-electron chi connectivity index (χ4n) is 3.64. The molecule has 3 heteroatoms. The lowest BCUT2D eigenvalue weighted by molar-refractivity contribution is -0.144. The highest BCUT2D eigenvalue weighted by Gasteiger charge is 2.32. The molecule has 0 unspecified atom stereocenters. The fraction of sp³-hybridized carbons (Fsp3) is 0.714. The quantitative estimate of drug-likeness (QED) is 0.526. The smallest absolute Gasteiger partial charge is 0.0874 e. The van der Waals surface area contributed by atoms with Gasteiger partial charge in [0.2, 0.25) is 0 Å². The predicted molar refractivity (Wildman–Crippen MR) is 108 cm³/mol. The maximum absolute atomic E-state index is 6.32. The normalized spacial score (nSPS) is 12.6. The lowest BCUT2D eigenvalue weighted by atomic mass is 9.86. The first-order chi connectivity index (χ1) is 10.6. The van der Waals surface area contributed by atoms with Crippen LogP contribution in [0.15, 0.2) is 24.3 Å². The molecule has 0 aliphatic heterocycles. The zero-order valence-electron chi connectivity index (χ0n) is 16.9. The van der Waals surface area contributed by atoms with E-state index in [0.717, 1.165) is 19.3 Å². The number of hydrogen-bond donors (Lipinski definition) is 1. The first kappa shape index (κ1) is 23.4. The standard InChI is InChI=1S/C21H37NO.ClH/c1-9-18-12-10-11-13-19(18)20(6,7)22-23-21(8,14-16(2)3)15-17(4)5;/h10-13,16-17,22H,9,14-15H2,1-8H3;1H. The zero-order valence-corrected chi connectivity index (χ0v) is 17.7. The molecular weight excluding hydrogens is 318 g/mol. The van der Waals surface area contributed by atoms with Crippen molar-refractivity contribution < 1.29 is 4.84 Å². The average Bonchev–Trinajstić information content (AvgIpc) is 2.43. The second kappa shape index (κ2) is 9.79. The third-order valence-corrected chi connectivity index (χ3v) is 4.30. The summed E-state index contributed by atoms with van der Waals surface area (Å²) >= 11 is 0. The number of halogens is 1. The molecule has 0 heterocycles. The molecule has 0 saturated carbocycles. The minimum absolute atomic E-state index is 0. The monoisotopic (exact) mass is 355 g/mol. The second-order valence-corrected chi connectivity index (χ2v) is 8.49. The average molecular weight is 356 g/mol. The molecule has 1 aromatic carbocycles. The van der Waals surface area contributed by atoms with Crippen molar-refractivity contribution in [3.05, 3.63) is 35.4 Å². The molecule has 0 fully saturated rings. The van der Waals surface area contributed by atoms with Gasteiger partial charge in [-0.3, -0.25) is 4.84 Å². The van der Waals surface area contributed by atoms with Gasteiger partial charge in [-0.15, -0.1) is 12.4 Å². The summed E-state index contributed by atoms with van der Waals surface area (Å²) in [5.41, 5.74) is 5.75. The van der Waals surface area contributed by atoms with E-state index in [0.29, 0.717) is 11.8 Å². The molecule has 1 rings (SSSR count). The highest BCUT2D eigenvalue weighted by Crippen LogP contribution is 2.30. The van der Waals surface area contributed by atoms with Gasteiger partial charge in [-0.25, -0.2) is 0 Å². The Labute approximate surface area is 156 Å². The largest absolute Gasteiger partial charge is 0.295 e. The van der Waals surface area contributed by atoms with Crippen LogP contribution in [0.1, 0.15) is 79.4 Å². The second-order valence-electron chi connectivity index (χ2n) is 8.49. The molecular formula is C21H38ClNO. The third-order valence-electron chi connectivity index (χ3n) is 4.30. The Morgan fingerprint density at radius 2 is 1.46 bits per heavy atom. The number of benzene rings is 1. The zero-order chi connectivity index (χ0) is 17.7. The number of hydroxylamine groups is 1. The Morgan fingerprint density at radius 3 is 1.92 bits per heavy atom. The Bertz CT molecular complexity index is 472. The van der Waals surface area contributed by atoms with Gasteiger partial charge < -0.3 is 0 Å². The molecule has 0 spiro atoms. The van der Waals surface area contributed by atoms with Crippen molar-refractivity contribution in [2.75, 3.05) is 0 Å². The van der Waals surface area contributed by atoms with Crippen LogP contribution in [0.5, 0.6) is 0 Å². The van der Waals surface area contributed by atoms with Gasteiger partial charge in [0.25, 0.3) is 0 Å². The number of hydrogen-bond acceptors (Lipinski definition) is 2. The summed E-state index contributed by atoms with van der Waals surface area (Å²) in [6.07, 6.45) is 3.16. The maximum Gasteiger partial charge on any atom is 0.0874 e. The van der Waals surface area contributed by atoms with E-state index in [1.165, 1.54) is 11.1 Å². The molecule has 0 bridgehead atoms. The Kier molecular flexibility index (Phi) is 9.56. The summed E-state index contributed by atoms with van der Waals surface area (Å²) in [6.45, 7) is 17.9. The van der Waals surface area contributed by atoms with Crippen molar-refractivity contribution in [2.24, 2.45) is 11.8 Å². The summed E-state index contributed by atoms with van der Waals surface area (Å²) in [4.78, 5) is 6.32. The van der Waals surface area contributed by atoms with E-state index in [1.54, 1.807) is 0 Å². The van der Waals surface area contributed by atoms with Crippen LogP contribution in [0.4, 0.5) is 0 Å². The van der Waals surface area contributed by atoms with Crippen LogP contribution in [0.3, 0.4) is 0 Å². The number of nitrogens with one attached hydrogen (secondary N) is 1. The molecule has 0 amide bonds. The van der Waals surface area contributed by atoms with Gasteiger partial charge in [-0.2, -0.15) is 5.48 Å². The van der Waals surface area contributed by atoms with Crippen molar-refractivity contribution in [3.63, 3.8) is 0 Å². The first-order valence-electron chi connectivity index (χ1n) is 9.13. The molecule has 1 N–H and O–H groups in total. The molecule has 2 nitrogen and oxygen atoms in total. The molecule has 140 valence electrons. The summed E-state index contributed by atoms with van der Waals surface area (Å²) in [5, 5.41) is 0. The minimum Gasteiger partial charge on any atom is -0.295 e. The van der Waals surface area contributed by atoms with Gasteiger partial charge in [-0.05, 0) is 63.0 Å². The molecule has 0 aliphatic carbocycles. The van der Waals surface area contributed by atoms with E-state index in [9.17, 15) is 0 Å². The predicted octanol–water partition coefficient (Wildman–Crippen LogP) is 6.28. The Balaban J connectivity index is 0.00000529. The van der Waals surface area contributed by atoms with Crippen molar-refractivity contribution in [3.8, 4) is 0 Å². The van der Waals surface area contributed by atoms with Crippen LogP contribution in [-0.2, 0) is 16.8 Å². The van der Waals surface area contributed by atoms with Crippen LogP contribution in [0.2, 0.25) is 0 Å². The Hall–Kier alpha value is -0.570. The topological polar surface area (TPSA) is 21.3 Å². The van der Waals surface area contributed by atoms with Crippen molar-refractivity contribution >= 4 is 12.4 Å². The lowest BCUT2D eigenvalue weighted by Gasteiger charge is -2.38.